The Morgan fingerprint density at radius 2 is 2.21 bits per heavy atom. The smallest absolute Gasteiger partial charge is 0.262 e. The zero-order valence-corrected chi connectivity index (χ0v) is 13.8. The predicted molar refractivity (Wildman–Crippen MR) is 88.3 cm³/mol. The zero-order chi connectivity index (χ0) is 16.4. The SMILES string of the molecule is CCOc1ncncc1C(=O)Nc1cc(F)c2nc(C)cn2c1.Cl. The number of ether oxygens (including phenoxy) is 1. The molecule has 0 aliphatic rings. The molecule has 3 aromatic heterocycles. The van der Waals surface area contributed by atoms with Crippen molar-refractivity contribution in [1.82, 2.24) is 19.4 Å². The van der Waals surface area contributed by atoms with Crippen molar-refractivity contribution in [2.75, 3.05) is 11.9 Å². The predicted octanol–water partition coefficient (Wildman–Crippen LogP) is 2.64. The van der Waals surface area contributed by atoms with E-state index in [0.717, 1.165) is 0 Å². The molecule has 3 aromatic rings. The second kappa shape index (κ2) is 7.22. The summed E-state index contributed by atoms with van der Waals surface area (Å²) in [5.74, 6) is -0.824. The summed E-state index contributed by atoms with van der Waals surface area (Å²) >= 11 is 0. The van der Waals surface area contributed by atoms with Crippen molar-refractivity contribution in [2.24, 2.45) is 0 Å². The third-order valence-corrected chi connectivity index (χ3v) is 3.09. The molecule has 0 saturated carbocycles. The average molecular weight is 352 g/mol. The molecule has 0 spiro atoms. The Balaban J connectivity index is 0.00000208. The standard InChI is InChI=1S/C15H14FN5O2.ClH/c1-3-23-15-11(5-17-8-18-15)14(22)20-10-4-12(16)13-19-9(2)6-21(13)7-10;/h4-8H,3H2,1-2H3,(H,20,22);1H. The number of aromatic nitrogens is 4. The highest BCUT2D eigenvalue weighted by Gasteiger charge is 2.15. The summed E-state index contributed by atoms with van der Waals surface area (Å²) < 4.78 is 20.8. The van der Waals surface area contributed by atoms with Crippen LogP contribution in [-0.2, 0) is 0 Å². The van der Waals surface area contributed by atoms with Crippen molar-refractivity contribution in [1.29, 1.82) is 0 Å². The van der Waals surface area contributed by atoms with Gasteiger partial charge in [-0.1, -0.05) is 0 Å². The molecule has 0 unspecified atom stereocenters. The number of hydrogen-bond acceptors (Lipinski definition) is 5. The lowest BCUT2D eigenvalue weighted by Gasteiger charge is -2.09. The first-order valence-corrected chi connectivity index (χ1v) is 6.97. The van der Waals surface area contributed by atoms with E-state index in [-0.39, 0.29) is 29.5 Å². The van der Waals surface area contributed by atoms with E-state index in [1.165, 1.54) is 23.0 Å². The number of aryl methyl sites for hydroxylation is 1. The van der Waals surface area contributed by atoms with Crippen LogP contribution in [0.4, 0.5) is 10.1 Å². The molecule has 0 aromatic carbocycles. The largest absolute Gasteiger partial charge is 0.477 e. The van der Waals surface area contributed by atoms with Crippen molar-refractivity contribution >= 4 is 29.6 Å². The number of anilines is 1. The third-order valence-electron chi connectivity index (χ3n) is 3.09. The first kappa shape index (κ1) is 17.6. The molecular weight excluding hydrogens is 337 g/mol. The summed E-state index contributed by atoms with van der Waals surface area (Å²) in [6.45, 7) is 3.92. The number of carbonyl (C=O) groups excluding carboxylic acids is 1. The van der Waals surface area contributed by atoms with Crippen LogP contribution in [0, 0.1) is 12.7 Å². The average Bonchev–Trinajstić information content (AvgIpc) is 2.89. The van der Waals surface area contributed by atoms with Gasteiger partial charge < -0.3 is 14.5 Å². The number of amides is 1. The van der Waals surface area contributed by atoms with E-state index in [1.54, 1.807) is 26.2 Å². The molecule has 3 heterocycles. The Bertz CT molecular complexity index is 883. The fourth-order valence-corrected chi connectivity index (χ4v) is 2.17. The maximum Gasteiger partial charge on any atom is 0.262 e. The topological polar surface area (TPSA) is 81.4 Å². The molecule has 7 nitrogen and oxygen atoms in total. The molecule has 1 amide bonds. The van der Waals surface area contributed by atoms with Gasteiger partial charge in [0.2, 0.25) is 5.88 Å². The second-order valence-electron chi connectivity index (χ2n) is 4.82. The monoisotopic (exact) mass is 351 g/mol. The Morgan fingerprint density at radius 1 is 1.42 bits per heavy atom. The van der Waals surface area contributed by atoms with Gasteiger partial charge in [-0.25, -0.2) is 19.3 Å². The molecule has 0 aliphatic carbocycles. The maximum absolute atomic E-state index is 14.0. The minimum Gasteiger partial charge on any atom is -0.477 e. The molecule has 9 heteroatoms. The summed E-state index contributed by atoms with van der Waals surface area (Å²) in [4.78, 5) is 24.1. The van der Waals surface area contributed by atoms with Crippen molar-refractivity contribution in [2.45, 2.75) is 13.8 Å². The molecule has 0 atom stereocenters. The Morgan fingerprint density at radius 3 is 2.96 bits per heavy atom. The van der Waals surface area contributed by atoms with E-state index in [1.807, 2.05) is 0 Å². The van der Waals surface area contributed by atoms with E-state index in [4.69, 9.17) is 4.74 Å². The van der Waals surface area contributed by atoms with Crippen molar-refractivity contribution in [3.05, 3.63) is 48.1 Å². The van der Waals surface area contributed by atoms with E-state index in [0.29, 0.717) is 18.0 Å². The lowest BCUT2D eigenvalue weighted by molar-refractivity contribution is 0.102. The minimum atomic E-state index is -0.523. The number of imidazole rings is 1. The number of hydrogen-bond donors (Lipinski definition) is 1. The zero-order valence-electron chi connectivity index (χ0n) is 13.0. The van der Waals surface area contributed by atoms with Crippen molar-refractivity contribution in [3.63, 3.8) is 0 Å². The molecule has 0 fully saturated rings. The quantitative estimate of drug-likeness (QED) is 0.781. The molecule has 126 valence electrons. The van der Waals surface area contributed by atoms with Gasteiger partial charge in [0.15, 0.2) is 11.5 Å². The Kier molecular flexibility index (Phi) is 5.30. The van der Waals surface area contributed by atoms with Gasteiger partial charge in [-0.2, -0.15) is 0 Å². The van der Waals surface area contributed by atoms with E-state index in [2.05, 4.69) is 20.3 Å². The summed E-state index contributed by atoms with van der Waals surface area (Å²) in [6, 6.07) is 1.21. The van der Waals surface area contributed by atoms with Crippen LogP contribution in [0.3, 0.4) is 0 Å². The summed E-state index contributed by atoms with van der Waals surface area (Å²) in [5, 5.41) is 2.61. The lowest BCUT2D eigenvalue weighted by atomic mass is 10.3. The normalized spacial score (nSPS) is 10.3. The van der Waals surface area contributed by atoms with Crippen LogP contribution in [0.15, 0.2) is 31.0 Å². The van der Waals surface area contributed by atoms with Crippen molar-refractivity contribution < 1.29 is 13.9 Å². The van der Waals surface area contributed by atoms with E-state index < -0.39 is 11.7 Å². The highest BCUT2D eigenvalue weighted by Crippen LogP contribution is 2.19. The number of nitrogens with zero attached hydrogens (tertiary/aromatic N) is 4. The minimum absolute atomic E-state index is 0. The fraction of sp³-hybridized carbons (Fsp3) is 0.200. The van der Waals surface area contributed by atoms with Crippen LogP contribution < -0.4 is 10.1 Å². The first-order valence-electron chi connectivity index (χ1n) is 6.97. The molecule has 0 radical (unpaired) electrons. The number of carbonyl (C=O) groups is 1. The molecule has 24 heavy (non-hydrogen) atoms. The van der Waals surface area contributed by atoms with Crippen LogP contribution in [0.25, 0.3) is 5.65 Å². The molecule has 3 rings (SSSR count). The highest BCUT2D eigenvalue weighted by atomic mass is 35.5. The molecule has 0 bridgehead atoms. The molecule has 0 aliphatic heterocycles. The Hall–Kier alpha value is -2.74. The van der Waals surface area contributed by atoms with Gasteiger partial charge in [-0.3, -0.25) is 4.79 Å². The van der Waals surface area contributed by atoms with Gasteiger partial charge in [0.1, 0.15) is 11.9 Å². The van der Waals surface area contributed by atoms with Gasteiger partial charge in [0, 0.05) is 24.7 Å². The fourth-order valence-electron chi connectivity index (χ4n) is 2.17. The summed E-state index contributed by atoms with van der Waals surface area (Å²) in [6.07, 6.45) is 5.90. The molecule has 0 saturated heterocycles. The number of nitrogens with one attached hydrogen (secondary N) is 1. The maximum atomic E-state index is 14.0. The van der Waals surface area contributed by atoms with Crippen molar-refractivity contribution in [3.8, 4) is 5.88 Å². The number of rotatable bonds is 4. The Labute approximate surface area is 143 Å². The van der Waals surface area contributed by atoms with Gasteiger partial charge in [-0.15, -0.1) is 12.4 Å². The highest BCUT2D eigenvalue weighted by molar-refractivity contribution is 6.05. The first-order chi connectivity index (χ1) is 11.1. The van der Waals surface area contributed by atoms with Gasteiger partial charge in [0.05, 0.1) is 18.0 Å². The van der Waals surface area contributed by atoms with E-state index >= 15 is 0 Å². The summed E-state index contributed by atoms with van der Waals surface area (Å²) in [5.41, 5.74) is 1.36. The van der Waals surface area contributed by atoms with Crippen LogP contribution >= 0.6 is 12.4 Å². The summed E-state index contributed by atoms with van der Waals surface area (Å²) in [7, 11) is 0. The van der Waals surface area contributed by atoms with E-state index in [9.17, 15) is 9.18 Å². The van der Waals surface area contributed by atoms with Gasteiger partial charge in [-0.05, 0) is 13.8 Å². The molecular formula is C15H15ClFN5O2. The lowest BCUT2D eigenvalue weighted by Crippen LogP contribution is -2.15. The van der Waals surface area contributed by atoms with Crippen LogP contribution in [-0.4, -0.2) is 31.9 Å². The second-order valence-corrected chi connectivity index (χ2v) is 4.82. The van der Waals surface area contributed by atoms with Crippen LogP contribution in [0.1, 0.15) is 23.0 Å². The van der Waals surface area contributed by atoms with Crippen LogP contribution in [0.2, 0.25) is 0 Å². The third kappa shape index (κ3) is 3.43. The van der Waals surface area contributed by atoms with Crippen LogP contribution in [0.5, 0.6) is 5.88 Å². The molecule has 1 N–H and O–H groups in total. The number of halogens is 2. The number of pyridine rings is 1. The number of fused-ring (bicyclic) bond motifs is 1. The van der Waals surface area contributed by atoms with Gasteiger partial charge in [0.25, 0.3) is 5.91 Å². The van der Waals surface area contributed by atoms with Gasteiger partial charge >= 0.3 is 0 Å².